The second-order valence-corrected chi connectivity index (χ2v) is 6.24. The van der Waals surface area contributed by atoms with Gasteiger partial charge in [-0.2, -0.15) is 0 Å². The van der Waals surface area contributed by atoms with Crippen molar-refractivity contribution in [2.24, 2.45) is 7.05 Å². The number of piperazine rings is 1. The smallest absolute Gasteiger partial charge is 0.223 e. The number of ether oxygens (including phenoxy) is 1. The van der Waals surface area contributed by atoms with E-state index in [1.165, 1.54) is 0 Å². The lowest BCUT2D eigenvalue weighted by Gasteiger charge is -2.36. The lowest BCUT2D eigenvalue weighted by atomic mass is 10.1. The lowest BCUT2D eigenvalue weighted by molar-refractivity contribution is -0.134. The predicted octanol–water partition coefficient (Wildman–Crippen LogP) is 1.92. The number of nitrogens with zero attached hydrogens (tertiary/aromatic N) is 3. The highest BCUT2D eigenvalue weighted by Crippen LogP contribution is 2.24. The number of aryl methyl sites for hydroxylation is 2. The molecule has 1 aromatic heterocycles. The van der Waals surface area contributed by atoms with Crippen LogP contribution < -0.4 is 10.1 Å². The lowest BCUT2D eigenvalue weighted by Crippen LogP contribution is -2.49. The molecule has 3 rings (SSSR count). The molecule has 6 nitrogen and oxygen atoms in total. The van der Waals surface area contributed by atoms with Crippen LogP contribution in [0.2, 0.25) is 0 Å². The second-order valence-electron chi connectivity index (χ2n) is 6.24. The summed E-state index contributed by atoms with van der Waals surface area (Å²) in [5.74, 6) is 1.97. The molecule has 0 bridgehead atoms. The maximum Gasteiger partial charge on any atom is 0.223 e. The second kappa shape index (κ2) is 8.16. The zero-order valence-corrected chi connectivity index (χ0v) is 14.9. The molecule has 1 aliphatic rings. The van der Waals surface area contributed by atoms with Gasteiger partial charge in [-0.15, -0.1) is 0 Å². The summed E-state index contributed by atoms with van der Waals surface area (Å²) in [6, 6.07) is 7.94. The van der Waals surface area contributed by atoms with Crippen molar-refractivity contribution in [3.05, 3.63) is 48.0 Å². The SMILES string of the molecule is CCOc1ccccc1CCC(=O)N1CCNCC1c1nccn1C. The van der Waals surface area contributed by atoms with Gasteiger partial charge in [-0.05, 0) is 25.0 Å². The third kappa shape index (κ3) is 4.02. The zero-order valence-electron chi connectivity index (χ0n) is 14.9. The summed E-state index contributed by atoms with van der Waals surface area (Å²) >= 11 is 0. The largest absolute Gasteiger partial charge is 0.494 e. The van der Waals surface area contributed by atoms with Crippen molar-refractivity contribution in [1.29, 1.82) is 0 Å². The molecule has 0 radical (unpaired) electrons. The molecule has 0 spiro atoms. The molecule has 0 saturated carbocycles. The van der Waals surface area contributed by atoms with Gasteiger partial charge in [0, 0.05) is 45.5 Å². The molecule has 2 heterocycles. The van der Waals surface area contributed by atoms with Crippen molar-refractivity contribution in [2.75, 3.05) is 26.2 Å². The molecule has 1 aromatic carbocycles. The summed E-state index contributed by atoms with van der Waals surface area (Å²) in [5.41, 5.74) is 1.08. The first-order valence-corrected chi connectivity index (χ1v) is 8.88. The molecule has 1 fully saturated rings. The summed E-state index contributed by atoms with van der Waals surface area (Å²) in [4.78, 5) is 19.3. The van der Waals surface area contributed by atoms with Gasteiger partial charge in [0.1, 0.15) is 17.6 Å². The Balaban J connectivity index is 1.68. The van der Waals surface area contributed by atoms with Crippen LogP contribution in [0.1, 0.15) is 30.8 Å². The van der Waals surface area contributed by atoms with E-state index in [4.69, 9.17) is 4.74 Å². The first-order valence-electron chi connectivity index (χ1n) is 8.88. The van der Waals surface area contributed by atoms with Crippen LogP contribution >= 0.6 is 0 Å². The fourth-order valence-electron chi connectivity index (χ4n) is 3.32. The van der Waals surface area contributed by atoms with Gasteiger partial charge in [-0.3, -0.25) is 4.79 Å². The number of carbonyl (C=O) groups is 1. The Labute approximate surface area is 148 Å². The number of nitrogens with one attached hydrogen (secondary N) is 1. The average Bonchev–Trinajstić information content (AvgIpc) is 3.07. The van der Waals surface area contributed by atoms with Crippen molar-refractivity contribution < 1.29 is 9.53 Å². The number of rotatable bonds is 6. The van der Waals surface area contributed by atoms with Gasteiger partial charge in [-0.1, -0.05) is 18.2 Å². The van der Waals surface area contributed by atoms with Gasteiger partial charge in [0.15, 0.2) is 0 Å². The number of para-hydroxylation sites is 1. The third-order valence-corrected chi connectivity index (χ3v) is 4.60. The van der Waals surface area contributed by atoms with Crippen LogP contribution in [0.3, 0.4) is 0 Å². The fourth-order valence-corrected chi connectivity index (χ4v) is 3.32. The molecular weight excluding hydrogens is 316 g/mol. The molecule has 1 aliphatic heterocycles. The highest BCUT2D eigenvalue weighted by Gasteiger charge is 2.30. The van der Waals surface area contributed by atoms with Gasteiger partial charge in [0.2, 0.25) is 5.91 Å². The Morgan fingerprint density at radius 3 is 3.00 bits per heavy atom. The molecular formula is C19H26N4O2. The van der Waals surface area contributed by atoms with E-state index in [-0.39, 0.29) is 11.9 Å². The van der Waals surface area contributed by atoms with Crippen molar-refractivity contribution in [2.45, 2.75) is 25.8 Å². The Morgan fingerprint density at radius 2 is 2.24 bits per heavy atom. The number of benzene rings is 1. The molecule has 1 amide bonds. The Bertz CT molecular complexity index is 713. The van der Waals surface area contributed by atoms with Crippen LogP contribution in [0.15, 0.2) is 36.7 Å². The van der Waals surface area contributed by atoms with Crippen LogP contribution in [-0.2, 0) is 18.3 Å². The minimum Gasteiger partial charge on any atom is -0.494 e. The maximum atomic E-state index is 12.9. The standard InChI is InChI=1S/C19H26N4O2/c1-3-25-17-7-5-4-6-15(17)8-9-18(24)23-13-10-20-14-16(23)19-21-11-12-22(19)2/h4-7,11-12,16,20H,3,8-10,13-14H2,1-2H3. The summed E-state index contributed by atoms with van der Waals surface area (Å²) in [5, 5.41) is 3.37. The van der Waals surface area contributed by atoms with Crippen molar-refractivity contribution >= 4 is 5.91 Å². The molecule has 25 heavy (non-hydrogen) atoms. The molecule has 1 saturated heterocycles. The molecule has 6 heteroatoms. The Hall–Kier alpha value is -2.34. The van der Waals surface area contributed by atoms with Crippen LogP contribution in [0.5, 0.6) is 5.75 Å². The predicted molar refractivity (Wildman–Crippen MR) is 96.5 cm³/mol. The number of carbonyl (C=O) groups excluding carboxylic acids is 1. The molecule has 1 N–H and O–H groups in total. The van der Waals surface area contributed by atoms with Crippen LogP contribution in [-0.4, -0.2) is 46.6 Å². The number of imidazole rings is 1. The monoisotopic (exact) mass is 342 g/mol. The van der Waals surface area contributed by atoms with E-state index in [0.717, 1.165) is 30.2 Å². The summed E-state index contributed by atoms with van der Waals surface area (Å²) < 4.78 is 7.65. The van der Waals surface area contributed by atoms with Crippen LogP contribution in [0, 0.1) is 0 Å². The number of hydrogen-bond donors (Lipinski definition) is 1. The zero-order chi connectivity index (χ0) is 17.6. The van der Waals surface area contributed by atoms with Gasteiger partial charge in [0.05, 0.1) is 6.61 Å². The maximum absolute atomic E-state index is 12.9. The molecule has 134 valence electrons. The van der Waals surface area contributed by atoms with Gasteiger partial charge >= 0.3 is 0 Å². The van der Waals surface area contributed by atoms with Gasteiger partial charge in [0.25, 0.3) is 0 Å². The molecule has 1 unspecified atom stereocenters. The fraction of sp³-hybridized carbons (Fsp3) is 0.474. The average molecular weight is 342 g/mol. The van der Waals surface area contributed by atoms with Gasteiger partial charge < -0.3 is 19.5 Å². The molecule has 2 aromatic rings. The van der Waals surface area contributed by atoms with Crippen LogP contribution in [0.4, 0.5) is 0 Å². The quantitative estimate of drug-likeness (QED) is 0.871. The minimum atomic E-state index is -0.0108. The topological polar surface area (TPSA) is 59.4 Å². The highest BCUT2D eigenvalue weighted by molar-refractivity contribution is 5.77. The summed E-state index contributed by atoms with van der Waals surface area (Å²) in [6.07, 6.45) is 4.87. The number of aromatic nitrogens is 2. The summed E-state index contributed by atoms with van der Waals surface area (Å²) in [6.45, 7) is 4.88. The van der Waals surface area contributed by atoms with Crippen molar-refractivity contribution in [3.63, 3.8) is 0 Å². The first kappa shape index (κ1) is 17.5. The number of hydrogen-bond acceptors (Lipinski definition) is 4. The van der Waals surface area contributed by atoms with E-state index in [2.05, 4.69) is 10.3 Å². The van der Waals surface area contributed by atoms with E-state index in [1.807, 2.05) is 53.9 Å². The molecule has 0 aliphatic carbocycles. The van der Waals surface area contributed by atoms with Crippen molar-refractivity contribution in [1.82, 2.24) is 19.8 Å². The van der Waals surface area contributed by atoms with E-state index < -0.39 is 0 Å². The minimum absolute atomic E-state index is 0.0108. The Kier molecular flexibility index (Phi) is 5.71. The van der Waals surface area contributed by atoms with E-state index in [9.17, 15) is 4.79 Å². The molecule has 1 atom stereocenters. The van der Waals surface area contributed by atoms with E-state index in [0.29, 0.717) is 26.0 Å². The van der Waals surface area contributed by atoms with E-state index >= 15 is 0 Å². The van der Waals surface area contributed by atoms with E-state index in [1.54, 1.807) is 6.20 Å². The third-order valence-electron chi connectivity index (χ3n) is 4.60. The number of amides is 1. The first-order chi connectivity index (χ1) is 12.2. The van der Waals surface area contributed by atoms with Crippen LogP contribution in [0.25, 0.3) is 0 Å². The normalized spacial score (nSPS) is 17.5. The van der Waals surface area contributed by atoms with Crippen molar-refractivity contribution in [3.8, 4) is 5.75 Å². The highest BCUT2D eigenvalue weighted by atomic mass is 16.5. The Morgan fingerprint density at radius 1 is 1.40 bits per heavy atom. The summed E-state index contributed by atoms with van der Waals surface area (Å²) in [7, 11) is 1.97. The van der Waals surface area contributed by atoms with Gasteiger partial charge in [-0.25, -0.2) is 4.98 Å².